The van der Waals surface area contributed by atoms with Gasteiger partial charge in [-0.2, -0.15) is 8.42 Å². The van der Waals surface area contributed by atoms with Gasteiger partial charge in [0.15, 0.2) is 6.29 Å². The molecule has 1 rings (SSSR count). The minimum absolute atomic E-state index is 0.247. The van der Waals surface area contributed by atoms with Crippen LogP contribution in [0.25, 0.3) is 0 Å². The molecule has 0 amide bonds. The van der Waals surface area contributed by atoms with Crippen molar-refractivity contribution >= 4 is 16.1 Å². The lowest BCUT2D eigenvalue weighted by Crippen LogP contribution is -2.60. The number of aliphatic hydroxyl groups excluding tert-OH is 4. The van der Waals surface area contributed by atoms with Gasteiger partial charge in [-0.05, 0) is 6.42 Å². The Hall–Kier alpha value is -0.860. The van der Waals surface area contributed by atoms with Crippen molar-refractivity contribution in [3.63, 3.8) is 0 Å². The van der Waals surface area contributed by atoms with Gasteiger partial charge in [0, 0.05) is 6.42 Å². The molecule has 12 heteroatoms. The third kappa shape index (κ3) is 16.0. The van der Waals surface area contributed by atoms with Crippen LogP contribution in [0.5, 0.6) is 0 Å². The minimum atomic E-state index is -4.53. The number of esters is 1. The number of rotatable bonds is 21. The maximum absolute atomic E-state index is 11.9. The van der Waals surface area contributed by atoms with E-state index in [2.05, 4.69) is 6.92 Å². The van der Waals surface area contributed by atoms with Crippen LogP contribution in [0.15, 0.2) is 0 Å². The molecular weight excluding hydrogens is 508 g/mol. The molecule has 1 fully saturated rings. The Morgan fingerprint density at radius 1 is 0.811 bits per heavy atom. The van der Waals surface area contributed by atoms with E-state index in [1.165, 1.54) is 57.8 Å². The normalized spacial score (nSPS) is 25.2. The van der Waals surface area contributed by atoms with Gasteiger partial charge in [-0.15, -0.1) is 0 Å². The van der Waals surface area contributed by atoms with E-state index in [1.54, 1.807) is 0 Å². The predicted molar refractivity (Wildman–Crippen MR) is 136 cm³/mol. The van der Waals surface area contributed by atoms with Crippen LogP contribution in [-0.2, 0) is 29.1 Å². The molecule has 37 heavy (non-hydrogen) atoms. The lowest BCUT2D eigenvalue weighted by molar-refractivity contribution is -0.296. The molecule has 0 aromatic rings. The van der Waals surface area contributed by atoms with Crippen LogP contribution < -0.4 is 0 Å². The largest absolute Gasteiger partial charge is 0.463 e. The molecule has 0 aromatic heterocycles. The molecule has 0 radical (unpaired) electrons. The first-order valence-corrected chi connectivity index (χ1v) is 15.3. The van der Waals surface area contributed by atoms with Gasteiger partial charge in [-0.3, -0.25) is 9.35 Å². The van der Waals surface area contributed by atoms with Crippen LogP contribution in [0.4, 0.5) is 0 Å². The number of hydrogen-bond acceptors (Lipinski definition) is 10. The molecular formula is C25H48O11S. The van der Waals surface area contributed by atoms with E-state index in [-0.39, 0.29) is 13.0 Å². The topological polar surface area (TPSA) is 180 Å². The first-order chi connectivity index (χ1) is 17.5. The number of aliphatic hydroxyl groups is 4. The van der Waals surface area contributed by atoms with Gasteiger partial charge in [0.2, 0.25) is 0 Å². The van der Waals surface area contributed by atoms with Crippen LogP contribution in [-0.4, -0.2) is 95.1 Å². The first kappa shape index (κ1) is 34.2. The quantitative estimate of drug-likeness (QED) is 0.0793. The maximum Gasteiger partial charge on any atom is 0.305 e. The van der Waals surface area contributed by atoms with Gasteiger partial charge in [0.25, 0.3) is 10.1 Å². The van der Waals surface area contributed by atoms with E-state index in [1.807, 2.05) is 0 Å². The summed E-state index contributed by atoms with van der Waals surface area (Å²) < 4.78 is 46.4. The zero-order valence-corrected chi connectivity index (χ0v) is 22.9. The lowest BCUT2D eigenvalue weighted by atomic mass is 10.00. The van der Waals surface area contributed by atoms with Crippen molar-refractivity contribution in [2.24, 2.45) is 0 Å². The summed E-state index contributed by atoms with van der Waals surface area (Å²) in [5, 5.41) is 39.7. The molecule has 4 unspecified atom stereocenters. The maximum atomic E-state index is 11.9. The van der Waals surface area contributed by atoms with Crippen LogP contribution in [0.1, 0.15) is 96.8 Å². The second kappa shape index (κ2) is 19.2. The molecule has 1 aliphatic rings. The summed E-state index contributed by atoms with van der Waals surface area (Å²) in [5.74, 6) is -1.46. The summed E-state index contributed by atoms with van der Waals surface area (Å²) in [6.07, 6.45) is 6.23. The fourth-order valence-electron chi connectivity index (χ4n) is 4.20. The molecule has 1 saturated heterocycles. The highest BCUT2D eigenvalue weighted by Gasteiger charge is 2.45. The Morgan fingerprint density at radius 3 is 1.84 bits per heavy atom. The molecule has 0 aromatic carbocycles. The molecule has 220 valence electrons. The lowest BCUT2D eigenvalue weighted by Gasteiger charge is -2.40. The van der Waals surface area contributed by atoms with Crippen molar-refractivity contribution in [1.29, 1.82) is 0 Å². The smallest absolute Gasteiger partial charge is 0.305 e. The fraction of sp³-hybridized carbons (Fsp3) is 0.960. The molecule has 11 nitrogen and oxygen atoms in total. The summed E-state index contributed by atoms with van der Waals surface area (Å²) in [4.78, 5) is 11.9. The SMILES string of the molecule is CCCCCCCCCCCCCCCC(=O)OCC(O)CO[C@H]1OC(CS(=O)(=O)O)[C@@H](O)C(O)C1O. The van der Waals surface area contributed by atoms with Gasteiger partial charge < -0.3 is 34.6 Å². The van der Waals surface area contributed by atoms with Crippen LogP contribution in [0.3, 0.4) is 0 Å². The van der Waals surface area contributed by atoms with Crippen LogP contribution in [0.2, 0.25) is 0 Å². The summed E-state index contributed by atoms with van der Waals surface area (Å²) in [6.45, 7) is 1.43. The summed E-state index contributed by atoms with van der Waals surface area (Å²) in [7, 11) is -4.53. The second-order valence-corrected chi connectivity index (χ2v) is 11.4. The third-order valence-corrected chi connectivity index (χ3v) is 7.17. The molecule has 0 aliphatic carbocycles. The summed E-state index contributed by atoms with van der Waals surface area (Å²) in [6, 6.07) is 0. The number of hydrogen-bond donors (Lipinski definition) is 5. The van der Waals surface area contributed by atoms with Crippen LogP contribution >= 0.6 is 0 Å². The number of ether oxygens (including phenoxy) is 3. The Kier molecular flexibility index (Phi) is 17.8. The Bertz CT molecular complexity index is 703. The van der Waals surface area contributed by atoms with Gasteiger partial charge in [-0.1, -0.05) is 84.0 Å². The Labute approximate surface area is 221 Å². The number of carbonyl (C=O) groups is 1. The van der Waals surface area contributed by atoms with E-state index in [0.29, 0.717) is 6.42 Å². The highest BCUT2D eigenvalue weighted by Crippen LogP contribution is 2.23. The molecule has 0 spiro atoms. The van der Waals surface area contributed by atoms with E-state index in [9.17, 15) is 33.6 Å². The predicted octanol–water partition coefficient (Wildman–Crippen LogP) is 2.08. The molecule has 0 saturated carbocycles. The van der Waals surface area contributed by atoms with Crippen molar-refractivity contribution in [2.45, 2.75) is 134 Å². The molecule has 6 atom stereocenters. The van der Waals surface area contributed by atoms with Crippen LogP contribution in [0, 0.1) is 0 Å². The molecule has 1 heterocycles. The highest BCUT2D eigenvalue weighted by atomic mass is 32.2. The van der Waals surface area contributed by atoms with Crippen molar-refractivity contribution < 1.29 is 52.4 Å². The minimum Gasteiger partial charge on any atom is -0.463 e. The van der Waals surface area contributed by atoms with Crippen molar-refractivity contribution in [3.8, 4) is 0 Å². The zero-order valence-electron chi connectivity index (χ0n) is 22.1. The van der Waals surface area contributed by atoms with E-state index >= 15 is 0 Å². The molecule has 5 N–H and O–H groups in total. The molecule has 0 bridgehead atoms. The average molecular weight is 557 g/mol. The van der Waals surface area contributed by atoms with E-state index < -0.39 is 65.3 Å². The Morgan fingerprint density at radius 2 is 1.32 bits per heavy atom. The van der Waals surface area contributed by atoms with Crippen molar-refractivity contribution in [3.05, 3.63) is 0 Å². The number of carbonyl (C=O) groups excluding carboxylic acids is 1. The first-order valence-electron chi connectivity index (χ1n) is 13.6. The third-order valence-electron chi connectivity index (χ3n) is 6.42. The Balaban J connectivity index is 2.10. The van der Waals surface area contributed by atoms with Crippen molar-refractivity contribution in [1.82, 2.24) is 0 Å². The average Bonchev–Trinajstić information content (AvgIpc) is 2.84. The van der Waals surface area contributed by atoms with Gasteiger partial charge in [0.05, 0.1) is 6.61 Å². The zero-order chi connectivity index (χ0) is 27.7. The van der Waals surface area contributed by atoms with Gasteiger partial charge in [0.1, 0.15) is 42.9 Å². The fourth-order valence-corrected chi connectivity index (χ4v) is 4.89. The van der Waals surface area contributed by atoms with E-state index in [0.717, 1.165) is 19.3 Å². The summed E-state index contributed by atoms with van der Waals surface area (Å²) >= 11 is 0. The standard InChI is InChI=1S/C25H48O11S/c1-2-3-4-5-6-7-8-9-10-11-12-13-14-15-21(27)34-16-19(26)17-35-25-24(30)23(29)22(28)20(36-25)18-37(31,32)33/h19-20,22-26,28-30H,2-18H2,1H3,(H,31,32,33)/t19?,20?,22-,23?,24?,25+/m1/s1. The molecule has 1 aliphatic heterocycles. The van der Waals surface area contributed by atoms with E-state index in [4.69, 9.17) is 18.8 Å². The highest BCUT2D eigenvalue weighted by molar-refractivity contribution is 7.85. The second-order valence-electron chi connectivity index (χ2n) is 9.93. The monoisotopic (exact) mass is 556 g/mol. The number of unbranched alkanes of at least 4 members (excludes halogenated alkanes) is 12. The van der Waals surface area contributed by atoms with Gasteiger partial charge in [-0.25, -0.2) is 0 Å². The summed E-state index contributed by atoms with van der Waals surface area (Å²) in [5.41, 5.74) is 0. The van der Waals surface area contributed by atoms with Gasteiger partial charge >= 0.3 is 5.97 Å². The van der Waals surface area contributed by atoms with Crippen molar-refractivity contribution in [2.75, 3.05) is 19.0 Å².